The number of rotatable bonds is 6. The fourth-order valence-electron chi connectivity index (χ4n) is 2.78. The van der Waals surface area contributed by atoms with E-state index in [0.717, 1.165) is 13.2 Å². The van der Waals surface area contributed by atoms with E-state index in [9.17, 15) is 0 Å². The van der Waals surface area contributed by atoms with E-state index in [1.165, 1.54) is 25.3 Å². The first-order chi connectivity index (χ1) is 6.70. The van der Waals surface area contributed by atoms with Crippen LogP contribution in [0, 0.1) is 0 Å². The Morgan fingerprint density at radius 3 is 1.71 bits per heavy atom. The van der Waals surface area contributed by atoms with Crippen LogP contribution in [-0.2, 0) is 8.85 Å². The maximum atomic E-state index is 6.02. The first-order valence-electron chi connectivity index (χ1n) is 5.98. The highest BCUT2D eigenvalue weighted by molar-refractivity contribution is 6.73. The molecule has 1 rings (SSSR count). The summed E-state index contributed by atoms with van der Waals surface area (Å²) < 4.78 is 12.0. The Labute approximate surface area is 89.2 Å². The lowest BCUT2D eigenvalue weighted by atomic mass is 9.97. The van der Waals surface area contributed by atoms with Gasteiger partial charge in [-0.05, 0) is 39.2 Å². The normalized spacial score (nSPS) is 23.1. The zero-order chi connectivity index (χ0) is 10.7. The van der Waals surface area contributed by atoms with E-state index in [4.69, 9.17) is 8.85 Å². The van der Waals surface area contributed by atoms with Crippen LogP contribution in [0.2, 0.25) is 11.1 Å². The quantitative estimate of drug-likeness (QED) is 0.633. The molecule has 1 aliphatic heterocycles. The zero-order valence-corrected chi connectivity index (χ0v) is 11.1. The fourth-order valence-corrected chi connectivity index (χ4v) is 7.14. The van der Waals surface area contributed by atoms with E-state index < -0.39 is 8.56 Å². The lowest BCUT2D eigenvalue weighted by Gasteiger charge is -2.55. The van der Waals surface area contributed by atoms with Gasteiger partial charge >= 0.3 is 8.56 Å². The summed E-state index contributed by atoms with van der Waals surface area (Å²) in [5.74, 6) is 0. The molecular formula is C11H24O2Si. The Hall–Kier alpha value is 0.137. The maximum absolute atomic E-state index is 6.02. The fraction of sp³-hybridized carbons (Fsp3) is 1.00. The molecule has 0 N–H and O–H groups in total. The molecule has 1 saturated heterocycles. The van der Waals surface area contributed by atoms with Crippen LogP contribution in [0.1, 0.15) is 47.0 Å². The van der Waals surface area contributed by atoms with Gasteiger partial charge in [0.05, 0.1) is 0 Å². The van der Waals surface area contributed by atoms with Gasteiger partial charge in [0.25, 0.3) is 0 Å². The highest BCUT2D eigenvalue weighted by atomic mass is 28.4. The standard InChI is InChI=1S/C11H24O2Si/c1-5-11(6-2)9-10-14(11,12-7-3)13-8-4/h5-10H2,1-4H3. The molecule has 0 atom stereocenters. The van der Waals surface area contributed by atoms with E-state index in [-0.39, 0.29) is 0 Å². The third kappa shape index (κ3) is 1.66. The molecule has 0 spiro atoms. The maximum Gasteiger partial charge on any atom is 0.344 e. The van der Waals surface area contributed by atoms with E-state index in [2.05, 4.69) is 27.7 Å². The predicted octanol–water partition coefficient (Wildman–Crippen LogP) is 3.47. The SMILES string of the molecule is CCO[Si]1(OCC)CCC1(CC)CC. The molecule has 3 heteroatoms. The van der Waals surface area contributed by atoms with Crippen molar-refractivity contribution in [3.63, 3.8) is 0 Å². The molecule has 1 fully saturated rings. The summed E-state index contributed by atoms with van der Waals surface area (Å²) >= 11 is 0. The second kappa shape index (κ2) is 4.77. The second-order valence-corrected chi connectivity index (χ2v) is 7.75. The third-order valence-corrected chi connectivity index (χ3v) is 8.84. The molecule has 0 aromatic heterocycles. The largest absolute Gasteiger partial charge is 0.394 e. The molecule has 0 saturated carbocycles. The van der Waals surface area contributed by atoms with Crippen LogP contribution < -0.4 is 0 Å². The van der Waals surface area contributed by atoms with Crippen LogP contribution >= 0.6 is 0 Å². The molecule has 1 aliphatic rings. The van der Waals surface area contributed by atoms with Crippen molar-refractivity contribution in [1.82, 2.24) is 0 Å². The molecule has 0 aromatic carbocycles. The van der Waals surface area contributed by atoms with Gasteiger partial charge in [0, 0.05) is 18.3 Å². The van der Waals surface area contributed by atoms with Gasteiger partial charge in [-0.1, -0.05) is 13.8 Å². The van der Waals surface area contributed by atoms with Gasteiger partial charge in [-0.15, -0.1) is 0 Å². The summed E-state index contributed by atoms with van der Waals surface area (Å²) in [5.41, 5.74) is 0. The Morgan fingerprint density at radius 1 is 1.00 bits per heavy atom. The van der Waals surface area contributed by atoms with E-state index in [0.29, 0.717) is 5.04 Å². The zero-order valence-electron chi connectivity index (χ0n) is 10.1. The van der Waals surface area contributed by atoms with Crippen LogP contribution in [0.25, 0.3) is 0 Å². The minimum Gasteiger partial charge on any atom is -0.394 e. The van der Waals surface area contributed by atoms with Crippen molar-refractivity contribution >= 4 is 8.56 Å². The van der Waals surface area contributed by atoms with Crippen molar-refractivity contribution in [2.24, 2.45) is 0 Å². The van der Waals surface area contributed by atoms with Gasteiger partial charge < -0.3 is 8.85 Å². The van der Waals surface area contributed by atoms with Gasteiger partial charge in [0.1, 0.15) is 0 Å². The molecule has 2 nitrogen and oxygen atoms in total. The van der Waals surface area contributed by atoms with Crippen molar-refractivity contribution in [1.29, 1.82) is 0 Å². The van der Waals surface area contributed by atoms with Gasteiger partial charge in [0.2, 0.25) is 0 Å². The molecule has 0 aromatic rings. The van der Waals surface area contributed by atoms with Crippen LogP contribution in [0.5, 0.6) is 0 Å². The average molecular weight is 216 g/mol. The highest BCUT2D eigenvalue weighted by Crippen LogP contribution is 2.61. The van der Waals surface area contributed by atoms with E-state index in [1.54, 1.807) is 0 Å². The van der Waals surface area contributed by atoms with Crippen LogP contribution in [-0.4, -0.2) is 21.8 Å². The van der Waals surface area contributed by atoms with Crippen LogP contribution in [0.3, 0.4) is 0 Å². The van der Waals surface area contributed by atoms with Crippen LogP contribution in [0.15, 0.2) is 0 Å². The van der Waals surface area contributed by atoms with Crippen molar-refractivity contribution in [2.75, 3.05) is 13.2 Å². The Morgan fingerprint density at radius 2 is 1.50 bits per heavy atom. The third-order valence-electron chi connectivity index (χ3n) is 3.85. The van der Waals surface area contributed by atoms with E-state index >= 15 is 0 Å². The minimum atomic E-state index is -1.82. The lowest BCUT2D eigenvalue weighted by Crippen LogP contribution is -2.60. The number of hydrogen-bond acceptors (Lipinski definition) is 2. The van der Waals surface area contributed by atoms with Crippen LogP contribution in [0.4, 0.5) is 0 Å². The molecule has 0 unspecified atom stereocenters. The predicted molar refractivity (Wildman–Crippen MR) is 61.7 cm³/mol. The first kappa shape index (κ1) is 12.2. The molecular weight excluding hydrogens is 192 g/mol. The smallest absolute Gasteiger partial charge is 0.344 e. The Kier molecular flexibility index (Phi) is 4.16. The Bertz CT molecular complexity index is 167. The van der Waals surface area contributed by atoms with Crippen molar-refractivity contribution in [2.45, 2.75) is 58.0 Å². The number of hydrogen-bond donors (Lipinski definition) is 0. The lowest BCUT2D eigenvalue weighted by molar-refractivity contribution is 0.115. The van der Waals surface area contributed by atoms with E-state index in [1.807, 2.05) is 0 Å². The summed E-state index contributed by atoms with van der Waals surface area (Å²) in [6.07, 6.45) is 3.75. The van der Waals surface area contributed by atoms with Crippen molar-refractivity contribution in [3.8, 4) is 0 Å². The summed E-state index contributed by atoms with van der Waals surface area (Å²) in [7, 11) is -1.82. The average Bonchev–Trinajstić information content (AvgIpc) is 2.18. The van der Waals surface area contributed by atoms with Gasteiger partial charge in [-0.25, -0.2) is 0 Å². The Balaban J connectivity index is 2.76. The highest BCUT2D eigenvalue weighted by Gasteiger charge is 2.62. The molecule has 84 valence electrons. The van der Waals surface area contributed by atoms with Gasteiger partial charge in [-0.2, -0.15) is 0 Å². The molecule has 1 heterocycles. The molecule has 14 heavy (non-hydrogen) atoms. The molecule has 0 radical (unpaired) electrons. The monoisotopic (exact) mass is 216 g/mol. The molecule has 0 amide bonds. The topological polar surface area (TPSA) is 18.5 Å². The summed E-state index contributed by atoms with van der Waals surface area (Å²) in [6.45, 7) is 10.4. The van der Waals surface area contributed by atoms with Crippen molar-refractivity contribution in [3.05, 3.63) is 0 Å². The summed E-state index contributed by atoms with van der Waals surface area (Å²) in [6, 6.07) is 1.20. The first-order valence-corrected chi connectivity index (χ1v) is 8.00. The molecule has 0 aliphatic carbocycles. The van der Waals surface area contributed by atoms with Gasteiger partial charge in [0.15, 0.2) is 0 Å². The molecule has 0 bridgehead atoms. The minimum absolute atomic E-state index is 0.416. The van der Waals surface area contributed by atoms with Gasteiger partial charge in [-0.3, -0.25) is 0 Å². The van der Waals surface area contributed by atoms with Crippen molar-refractivity contribution < 1.29 is 8.85 Å². The summed E-state index contributed by atoms with van der Waals surface area (Å²) in [5, 5.41) is 0.416. The summed E-state index contributed by atoms with van der Waals surface area (Å²) in [4.78, 5) is 0. The second-order valence-electron chi connectivity index (χ2n) is 4.11.